The van der Waals surface area contributed by atoms with Crippen molar-refractivity contribution < 1.29 is 14.6 Å². The highest BCUT2D eigenvalue weighted by molar-refractivity contribution is 7.09. The molecule has 0 aliphatic carbocycles. The zero-order valence-corrected chi connectivity index (χ0v) is 21.3. The van der Waals surface area contributed by atoms with E-state index in [0.29, 0.717) is 35.6 Å². The molecule has 38 heavy (non-hydrogen) atoms. The van der Waals surface area contributed by atoms with Crippen LogP contribution in [0, 0.1) is 0 Å². The number of ether oxygens (including phenoxy) is 1. The molecule has 3 N–H and O–H groups in total. The number of aromatic hydroxyl groups is 1. The molecule has 1 amide bonds. The highest BCUT2D eigenvalue weighted by Crippen LogP contribution is 2.25. The van der Waals surface area contributed by atoms with Crippen molar-refractivity contribution in [3.8, 4) is 28.5 Å². The minimum absolute atomic E-state index is 0.0574. The number of hydrogen-bond donors (Lipinski definition) is 3. The van der Waals surface area contributed by atoms with Crippen molar-refractivity contribution in [2.45, 2.75) is 12.8 Å². The van der Waals surface area contributed by atoms with E-state index in [9.17, 15) is 14.7 Å². The molecule has 0 bridgehead atoms. The summed E-state index contributed by atoms with van der Waals surface area (Å²) in [5.74, 6) is 1.25. The van der Waals surface area contributed by atoms with E-state index in [2.05, 4.69) is 28.5 Å². The molecule has 0 aliphatic rings. The minimum Gasteiger partial charge on any atom is -0.494 e. The van der Waals surface area contributed by atoms with Crippen LogP contribution in [0.5, 0.6) is 17.4 Å². The van der Waals surface area contributed by atoms with Crippen LogP contribution in [0.1, 0.15) is 26.4 Å². The lowest BCUT2D eigenvalue weighted by molar-refractivity contribution is 0.0954. The summed E-state index contributed by atoms with van der Waals surface area (Å²) in [6.45, 7) is 0.520. The fraction of sp³-hybridized carbons (Fsp3) is 0.0968. The summed E-state index contributed by atoms with van der Waals surface area (Å²) < 4.78 is 5.78. The van der Waals surface area contributed by atoms with E-state index >= 15 is 0 Å². The van der Waals surface area contributed by atoms with Crippen molar-refractivity contribution in [2.24, 2.45) is 0 Å². The molecule has 190 valence electrons. The van der Waals surface area contributed by atoms with Gasteiger partial charge in [0.2, 0.25) is 5.88 Å². The van der Waals surface area contributed by atoms with Crippen LogP contribution in [-0.2, 0) is 12.8 Å². The lowest BCUT2D eigenvalue weighted by Gasteiger charge is -2.09. The number of benzene rings is 4. The standard InChI is InChI=1S/C31H26N2O4S/c34-29(24-13-15-27(16-14-24)37-26-7-2-1-3-8-26)32-18-17-21-5-4-6-25(19-21)23-11-9-22(10-12-23)20-28-30(35)33-31(36)38-28/h1-16,19,35H,17-18,20H2,(H,32,34)(H,33,36). The van der Waals surface area contributed by atoms with Crippen LogP contribution in [0.15, 0.2) is 108 Å². The van der Waals surface area contributed by atoms with Crippen LogP contribution < -0.4 is 14.9 Å². The van der Waals surface area contributed by atoms with Crippen LogP contribution in [0.4, 0.5) is 0 Å². The van der Waals surface area contributed by atoms with Gasteiger partial charge in [-0.15, -0.1) is 0 Å². The average molecular weight is 523 g/mol. The molecule has 1 aromatic heterocycles. The number of amides is 1. The highest BCUT2D eigenvalue weighted by Gasteiger charge is 2.09. The van der Waals surface area contributed by atoms with Crippen molar-refractivity contribution >= 4 is 17.2 Å². The van der Waals surface area contributed by atoms with Gasteiger partial charge in [-0.05, 0) is 65.1 Å². The molecule has 5 rings (SSSR count). The van der Waals surface area contributed by atoms with Gasteiger partial charge in [0, 0.05) is 18.5 Å². The van der Waals surface area contributed by atoms with Crippen molar-refractivity contribution in [3.63, 3.8) is 0 Å². The molecular formula is C31H26N2O4S. The summed E-state index contributed by atoms with van der Waals surface area (Å²) in [7, 11) is 0. The zero-order valence-electron chi connectivity index (χ0n) is 20.5. The number of H-pyrrole nitrogens is 1. The van der Waals surface area contributed by atoms with Crippen molar-refractivity contribution in [2.75, 3.05) is 6.54 Å². The van der Waals surface area contributed by atoms with Gasteiger partial charge in [0.1, 0.15) is 11.5 Å². The van der Waals surface area contributed by atoms with E-state index < -0.39 is 0 Å². The molecule has 0 unspecified atom stereocenters. The molecule has 1 heterocycles. The Morgan fingerprint density at radius 2 is 1.55 bits per heavy atom. The molecule has 0 saturated carbocycles. The molecule has 0 saturated heterocycles. The number of para-hydroxylation sites is 1. The van der Waals surface area contributed by atoms with Crippen molar-refractivity contribution in [3.05, 3.63) is 134 Å². The molecule has 7 heteroatoms. The molecule has 0 aliphatic heterocycles. The smallest absolute Gasteiger partial charge is 0.307 e. The van der Waals surface area contributed by atoms with E-state index in [1.165, 1.54) is 0 Å². The fourth-order valence-electron chi connectivity index (χ4n) is 4.10. The molecular weight excluding hydrogens is 496 g/mol. The number of carbonyl (C=O) groups excluding carboxylic acids is 1. The second kappa shape index (κ2) is 11.6. The van der Waals surface area contributed by atoms with Gasteiger partial charge in [-0.3, -0.25) is 14.6 Å². The Kier molecular flexibility index (Phi) is 7.66. The third-order valence-corrected chi connectivity index (χ3v) is 6.95. The van der Waals surface area contributed by atoms with Gasteiger partial charge in [-0.1, -0.05) is 78.1 Å². The van der Waals surface area contributed by atoms with Gasteiger partial charge in [-0.2, -0.15) is 0 Å². The number of thiazole rings is 1. The number of hydrogen-bond acceptors (Lipinski definition) is 5. The van der Waals surface area contributed by atoms with E-state index in [1.54, 1.807) is 24.3 Å². The molecule has 0 fully saturated rings. The Morgan fingerprint density at radius 1 is 0.816 bits per heavy atom. The van der Waals surface area contributed by atoms with Crippen LogP contribution in [0.3, 0.4) is 0 Å². The lowest BCUT2D eigenvalue weighted by Crippen LogP contribution is -2.25. The number of aromatic nitrogens is 1. The first-order valence-corrected chi connectivity index (χ1v) is 13.1. The fourth-order valence-corrected chi connectivity index (χ4v) is 4.86. The van der Waals surface area contributed by atoms with Crippen molar-refractivity contribution in [1.29, 1.82) is 0 Å². The summed E-state index contributed by atoms with van der Waals surface area (Å²) in [5.41, 5.74) is 4.88. The number of aromatic amines is 1. The number of rotatable bonds is 9. The maximum Gasteiger partial charge on any atom is 0.307 e. The molecule has 6 nitrogen and oxygen atoms in total. The molecule has 5 aromatic rings. The van der Waals surface area contributed by atoms with Crippen LogP contribution in [-0.4, -0.2) is 22.5 Å². The first-order chi connectivity index (χ1) is 18.5. The summed E-state index contributed by atoms with van der Waals surface area (Å²) in [4.78, 5) is 26.8. The summed E-state index contributed by atoms with van der Waals surface area (Å²) in [6.07, 6.45) is 1.20. The number of carbonyl (C=O) groups is 1. The first-order valence-electron chi connectivity index (χ1n) is 12.2. The van der Waals surface area contributed by atoms with Gasteiger partial charge in [-0.25, -0.2) is 0 Å². The highest BCUT2D eigenvalue weighted by atomic mass is 32.1. The van der Waals surface area contributed by atoms with Gasteiger partial charge in [0.25, 0.3) is 5.91 Å². The zero-order chi connectivity index (χ0) is 26.3. The Bertz CT molecular complexity index is 1570. The SMILES string of the molecule is O=C(NCCc1cccc(-c2ccc(Cc3sc(=O)[nH]c3O)cc2)c1)c1ccc(Oc2ccccc2)cc1. The van der Waals surface area contributed by atoms with Crippen LogP contribution >= 0.6 is 11.3 Å². The molecule has 4 aromatic carbocycles. The van der Waals surface area contributed by atoms with Gasteiger partial charge in [0.15, 0.2) is 0 Å². The van der Waals surface area contributed by atoms with Gasteiger partial charge < -0.3 is 15.2 Å². The summed E-state index contributed by atoms with van der Waals surface area (Å²) in [6, 6.07) is 32.9. The van der Waals surface area contributed by atoms with E-state index in [4.69, 9.17) is 4.74 Å². The number of nitrogens with one attached hydrogen (secondary N) is 2. The third kappa shape index (κ3) is 6.38. The third-order valence-electron chi connectivity index (χ3n) is 6.07. The van der Waals surface area contributed by atoms with E-state index in [1.807, 2.05) is 60.7 Å². The predicted molar refractivity (Wildman–Crippen MR) is 150 cm³/mol. The second-order valence-electron chi connectivity index (χ2n) is 8.81. The molecule has 0 radical (unpaired) electrons. The maximum atomic E-state index is 12.6. The van der Waals surface area contributed by atoms with Crippen LogP contribution in [0.25, 0.3) is 11.1 Å². The largest absolute Gasteiger partial charge is 0.494 e. The van der Waals surface area contributed by atoms with Crippen molar-refractivity contribution in [1.82, 2.24) is 10.3 Å². The quantitative estimate of drug-likeness (QED) is 0.216. The summed E-state index contributed by atoms with van der Waals surface area (Å²) in [5, 5.41) is 12.8. The Balaban J connectivity index is 1.14. The van der Waals surface area contributed by atoms with Gasteiger partial charge in [0.05, 0.1) is 4.88 Å². The summed E-state index contributed by atoms with van der Waals surface area (Å²) >= 11 is 1.02. The van der Waals surface area contributed by atoms with E-state index in [0.717, 1.165) is 39.3 Å². The van der Waals surface area contributed by atoms with Crippen LogP contribution in [0.2, 0.25) is 0 Å². The van der Waals surface area contributed by atoms with Gasteiger partial charge >= 0.3 is 4.87 Å². The molecule has 0 atom stereocenters. The van der Waals surface area contributed by atoms with E-state index in [-0.39, 0.29) is 16.7 Å². The lowest BCUT2D eigenvalue weighted by atomic mass is 10.00. The second-order valence-corrected chi connectivity index (χ2v) is 9.87. The minimum atomic E-state index is -0.256. The Hall–Kier alpha value is -4.62. The maximum absolute atomic E-state index is 12.6. The Morgan fingerprint density at radius 3 is 2.26 bits per heavy atom. The normalized spacial score (nSPS) is 10.7. The average Bonchev–Trinajstić information content (AvgIpc) is 3.26. The molecule has 0 spiro atoms. The predicted octanol–water partition coefficient (Wildman–Crippen LogP) is 6.16. The Labute approximate surface area is 224 Å². The first kappa shape index (κ1) is 25.0. The topological polar surface area (TPSA) is 91.4 Å². The monoisotopic (exact) mass is 522 g/mol.